The first-order chi connectivity index (χ1) is 24.8. The SMILES string of the molecule is c1ccc(-c2cccc(-c3ccc(-c4ccnc(-n5c6ccccc6c6cc(-c7cccc8c7oc7ccccc78)ccc65)n4)cc3)c2)cc1. The molecule has 0 aliphatic rings. The summed E-state index contributed by atoms with van der Waals surface area (Å²) in [6.45, 7) is 0. The summed E-state index contributed by atoms with van der Waals surface area (Å²) in [6.07, 6.45) is 1.85. The summed E-state index contributed by atoms with van der Waals surface area (Å²) in [5.41, 5.74) is 12.8. The van der Waals surface area contributed by atoms with Gasteiger partial charge in [0.2, 0.25) is 5.95 Å². The molecule has 3 heterocycles. The summed E-state index contributed by atoms with van der Waals surface area (Å²) < 4.78 is 8.57. The lowest BCUT2D eigenvalue weighted by atomic mass is 9.98. The number of benzene rings is 7. The van der Waals surface area contributed by atoms with Gasteiger partial charge in [0.05, 0.1) is 16.7 Å². The van der Waals surface area contributed by atoms with E-state index >= 15 is 0 Å². The van der Waals surface area contributed by atoms with Crippen molar-refractivity contribution in [3.05, 3.63) is 176 Å². The second-order valence-electron chi connectivity index (χ2n) is 12.6. The molecular formula is C46H29N3O. The van der Waals surface area contributed by atoms with Gasteiger partial charge in [0.25, 0.3) is 0 Å². The number of furan rings is 1. The molecule has 0 N–H and O–H groups in total. The van der Waals surface area contributed by atoms with Gasteiger partial charge < -0.3 is 4.42 Å². The molecular weight excluding hydrogens is 611 g/mol. The molecule has 50 heavy (non-hydrogen) atoms. The third-order valence-electron chi connectivity index (χ3n) is 9.71. The van der Waals surface area contributed by atoms with Crippen LogP contribution >= 0.6 is 0 Å². The van der Waals surface area contributed by atoms with E-state index in [1.54, 1.807) is 0 Å². The van der Waals surface area contributed by atoms with E-state index in [1.807, 2.05) is 30.5 Å². The van der Waals surface area contributed by atoms with Gasteiger partial charge in [0, 0.05) is 38.9 Å². The van der Waals surface area contributed by atoms with Crippen LogP contribution in [0.25, 0.3) is 94.3 Å². The maximum absolute atomic E-state index is 6.40. The van der Waals surface area contributed by atoms with E-state index in [2.05, 4.69) is 150 Å². The number of nitrogens with zero attached hydrogens (tertiary/aromatic N) is 3. The third-order valence-corrected chi connectivity index (χ3v) is 9.71. The number of aromatic nitrogens is 3. The van der Waals surface area contributed by atoms with Gasteiger partial charge >= 0.3 is 0 Å². The number of hydrogen-bond donors (Lipinski definition) is 0. The van der Waals surface area contributed by atoms with Crippen LogP contribution in [0.3, 0.4) is 0 Å². The van der Waals surface area contributed by atoms with Crippen LogP contribution in [-0.4, -0.2) is 14.5 Å². The van der Waals surface area contributed by atoms with Crippen molar-refractivity contribution in [2.24, 2.45) is 0 Å². The molecule has 10 rings (SSSR count). The lowest BCUT2D eigenvalue weighted by Crippen LogP contribution is -2.01. The molecule has 234 valence electrons. The van der Waals surface area contributed by atoms with E-state index in [0.717, 1.165) is 71.7 Å². The van der Waals surface area contributed by atoms with Crippen molar-refractivity contribution >= 4 is 43.7 Å². The van der Waals surface area contributed by atoms with E-state index in [4.69, 9.17) is 14.4 Å². The standard InChI is InChI=1S/C46H29N3O/c1-2-10-30(11-3-1)33-12-8-13-34(28-33)31-20-22-32(23-21-31)41-26-27-47-46(48-41)49-42-18-6-4-14-37(42)40-29-35(24-25-43(40)49)36-16-9-17-39-38-15-5-7-19-44(38)50-45(36)39/h1-29H. The van der Waals surface area contributed by atoms with Crippen LogP contribution in [0.5, 0.6) is 0 Å². The van der Waals surface area contributed by atoms with Gasteiger partial charge in [-0.2, -0.15) is 0 Å². The average molecular weight is 640 g/mol. The summed E-state index contributed by atoms with van der Waals surface area (Å²) >= 11 is 0. The summed E-state index contributed by atoms with van der Waals surface area (Å²) in [5.74, 6) is 0.639. The van der Waals surface area contributed by atoms with E-state index < -0.39 is 0 Å². The van der Waals surface area contributed by atoms with E-state index in [-0.39, 0.29) is 0 Å². The summed E-state index contributed by atoms with van der Waals surface area (Å²) in [6, 6.07) is 59.5. The lowest BCUT2D eigenvalue weighted by Gasteiger charge is -2.10. The fourth-order valence-corrected chi connectivity index (χ4v) is 7.29. The second kappa shape index (κ2) is 11.4. The number of fused-ring (bicyclic) bond motifs is 6. The minimum Gasteiger partial charge on any atom is -0.455 e. The van der Waals surface area contributed by atoms with Gasteiger partial charge in [-0.1, -0.05) is 133 Å². The normalized spacial score (nSPS) is 11.6. The Bertz CT molecular complexity index is 2860. The molecule has 0 saturated carbocycles. The smallest absolute Gasteiger partial charge is 0.235 e. The highest BCUT2D eigenvalue weighted by Gasteiger charge is 2.17. The summed E-state index contributed by atoms with van der Waals surface area (Å²) in [4.78, 5) is 9.92. The minimum absolute atomic E-state index is 0.639. The van der Waals surface area contributed by atoms with Crippen LogP contribution < -0.4 is 0 Å². The molecule has 0 bridgehead atoms. The highest BCUT2D eigenvalue weighted by Crippen LogP contribution is 2.39. The molecule has 4 nitrogen and oxygen atoms in total. The Balaban J connectivity index is 1.04. The zero-order chi connectivity index (χ0) is 33.0. The summed E-state index contributed by atoms with van der Waals surface area (Å²) in [5, 5.41) is 4.55. The Morgan fingerprint density at radius 3 is 1.92 bits per heavy atom. The molecule has 3 aromatic heterocycles. The van der Waals surface area contributed by atoms with Crippen LogP contribution in [-0.2, 0) is 0 Å². The molecule has 0 fully saturated rings. The molecule has 0 aliphatic carbocycles. The Labute approximate surface area is 288 Å². The Morgan fingerprint density at radius 2 is 1.06 bits per heavy atom. The molecule has 0 saturated heterocycles. The predicted molar refractivity (Wildman–Crippen MR) is 205 cm³/mol. The molecule has 10 aromatic rings. The van der Waals surface area contributed by atoms with Gasteiger partial charge in [-0.3, -0.25) is 4.57 Å². The zero-order valence-corrected chi connectivity index (χ0v) is 27.0. The maximum Gasteiger partial charge on any atom is 0.235 e. The van der Waals surface area contributed by atoms with Crippen LogP contribution in [0.15, 0.2) is 180 Å². The molecule has 4 heteroatoms. The fraction of sp³-hybridized carbons (Fsp3) is 0. The monoisotopic (exact) mass is 639 g/mol. The van der Waals surface area contributed by atoms with E-state index in [9.17, 15) is 0 Å². The molecule has 0 amide bonds. The lowest BCUT2D eigenvalue weighted by molar-refractivity contribution is 0.670. The fourth-order valence-electron chi connectivity index (χ4n) is 7.29. The highest BCUT2D eigenvalue weighted by atomic mass is 16.3. The van der Waals surface area contributed by atoms with Crippen molar-refractivity contribution in [3.63, 3.8) is 0 Å². The van der Waals surface area contributed by atoms with Crippen LogP contribution in [0.4, 0.5) is 0 Å². The quantitative estimate of drug-likeness (QED) is 0.188. The summed E-state index contributed by atoms with van der Waals surface area (Å²) in [7, 11) is 0. The molecule has 7 aromatic carbocycles. The largest absolute Gasteiger partial charge is 0.455 e. The molecule has 0 unspecified atom stereocenters. The first kappa shape index (κ1) is 28.3. The van der Waals surface area contributed by atoms with Crippen molar-refractivity contribution in [2.75, 3.05) is 0 Å². The topological polar surface area (TPSA) is 43.9 Å². The number of hydrogen-bond acceptors (Lipinski definition) is 3. The van der Waals surface area contributed by atoms with Crippen LogP contribution in [0.1, 0.15) is 0 Å². The van der Waals surface area contributed by atoms with E-state index in [1.165, 1.54) is 16.7 Å². The predicted octanol–water partition coefficient (Wildman–Crippen LogP) is 12.1. The van der Waals surface area contributed by atoms with Gasteiger partial charge in [-0.05, 0) is 64.2 Å². The van der Waals surface area contributed by atoms with Gasteiger partial charge in [0.1, 0.15) is 11.2 Å². The molecule has 0 spiro atoms. The zero-order valence-electron chi connectivity index (χ0n) is 27.0. The Kier molecular flexibility index (Phi) is 6.46. The Morgan fingerprint density at radius 1 is 0.420 bits per heavy atom. The van der Waals surface area contributed by atoms with Gasteiger partial charge in [-0.25, -0.2) is 9.97 Å². The third kappa shape index (κ3) is 4.61. The van der Waals surface area contributed by atoms with Crippen molar-refractivity contribution in [2.45, 2.75) is 0 Å². The van der Waals surface area contributed by atoms with Crippen molar-refractivity contribution < 1.29 is 4.42 Å². The van der Waals surface area contributed by atoms with Crippen molar-refractivity contribution in [1.82, 2.24) is 14.5 Å². The number of rotatable bonds is 5. The van der Waals surface area contributed by atoms with Gasteiger partial charge in [0.15, 0.2) is 0 Å². The molecule has 0 atom stereocenters. The maximum atomic E-state index is 6.40. The molecule has 0 radical (unpaired) electrons. The Hall–Kier alpha value is -6.78. The first-order valence-electron chi connectivity index (χ1n) is 16.8. The second-order valence-corrected chi connectivity index (χ2v) is 12.6. The highest BCUT2D eigenvalue weighted by molar-refractivity contribution is 6.13. The van der Waals surface area contributed by atoms with E-state index in [0.29, 0.717) is 5.95 Å². The van der Waals surface area contributed by atoms with Crippen LogP contribution in [0.2, 0.25) is 0 Å². The average Bonchev–Trinajstić information content (AvgIpc) is 3.74. The first-order valence-corrected chi connectivity index (χ1v) is 16.8. The van der Waals surface area contributed by atoms with Crippen molar-refractivity contribution in [3.8, 4) is 50.6 Å². The van der Waals surface area contributed by atoms with Gasteiger partial charge in [-0.15, -0.1) is 0 Å². The van der Waals surface area contributed by atoms with Crippen LogP contribution in [0, 0.1) is 0 Å². The van der Waals surface area contributed by atoms with Crippen molar-refractivity contribution in [1.29, 1.82) is 0 Å². The molecule has 0 aliphatic heterocycles. The minimum atomic E-state index is 0.639. The number of para-hydroxylation sites is 3.